The molecule has 4 rings (SSSR count). The maximum atomic E-state index is 14.9. The number of benzene rings is 3. The molecule has 1 heterocycles. The summed E-state index contributed by atoms with van der Waals surface area (Å²) >= 11 is 0. The first-order valence-electron chi connectivity index (χ1n) is 10.9. The molecule has 3 aromatic rings. The number of hydrogen-bond donors (Lipinski definition) is 1. The predicted octanol–water partition coefficient (Wildman–Crippen LogP) is 5.38. The van der Waals surface area contributed by atoms with Crippen molar-refractivity contribution in [1.82, 2.24) is 4.90 Å². The quantitative estimate of drug-likeness (QED) is 0.290. The van der Waals surface area contributed by atoms with Crippen LogP contribution in [0.3, 0.4) is 0 Å². The number of rotatable bonds is 7. The van der Waals surface area contributed by atoms with Gasteiger partial charge in [-0.3, -0.25) is 9.59 Å². The van der Waals surface area contributed by atoms with Gasteiger partial charge in [0, 0.05) is 17.7 Å². The molecule has 0 saturated carbocycles. The third-order valence-corrected chi connectivity index (χ3v) is 5.61. The first-order valence-corrected chi connectivity index (χ1v) is 10.9. The third kappa shape index (κ3) is 4.55. The van der Waals surface area contributed by atoms with E-state index >= 15 is 0 Å². The average Bonchev–Trinajstić information content (AvgIpc) is 3.09. The molecule has 3 aromatic carbocycles. The number of hydrogen-bond acceptors (Lipinski definition) is 4. The molecule has 0 aromatic heterocycles. The van der Waals surface area contributed by atoms with Gasteiger partial charge in [0.25, 0.3) is 11.7 Å². The second-order valence-electron chi connectivity index (χ2n) is 7.95. The Balaban J connectivity index is 1.79. The molecule has 0 aliphatic carbocycles. The van der Waals surface area contributed by atoms with Gasteiger partial charge in [-0.05, 0) is 54.4 Å². The maximum absolute atomic E-state index is 14.9. The molecule has 1 fully saturated rings. The van der Waals surface area contributed by atoms with Crippen LogP contribution in [-0.4, -0.2) is 28.3 Å². The summed E-state index contributed by atoms with van der Waals surface area (Å²) in [6, 6.07) is 16.6. The highest BCUT2D eigenvalue weighted by Gasteiger charge is 2.46. The van der Waals surface area contributed by atoms with Gasteiger partial charge in [0.05, 0.1) is 18.2 Å². The Morgan fingerprint density at radius 1 is 0.971 bits per heavy atom. The van der Waals surface area contributed by atoms with E-state index in [1.807, 2.05) is 6.92 Å². The van der Waals surface area contributed by atoms with Gasteiger partial charge in [-0.25, -0.2) is 8.78 Å². The highest BCUT2D eigenvalue weighted by molar-refractivity contribution is 6.46. The molecule has 7 heteroatoms. The van der Waals surface area contributed by atoms with Crippen molar-refractivity contribution < 1.29 is 28.2 Å². The number of nitrogens with zero attached hydrogens (tertiary/aromatic N) is 1. The zero-order valence-corrected chi connectivity index (χ0v) is 18.5. The number of ketones is 1. The number of ether oxygens (including phenoxy) is 1. The fourth-order valence-corrected chi connectivity index (χ4v) is 3.93. The van der Waals surface area contributed by atoms with Gasteiger partial charge in [0.15, 0.2) is 0 Å². The van der Waals surface area contributed by atoms with E-state index in [9.17, 15) is 23.5 Å². The lowest BCUT2D eigenvalue weighted by atomic mass is 9.94. The summed E-state index contributed by atoms with van der Waals surface area (Å²) in [6.07, 6.45) is 0.835. The van der Waals surface area contributed by atoms with Crippen LogP contribution in [0.2, 0.25) is 0 Å². The second kappa shape index (κ2) is 9.87. The molecule has 0 spiro atoms. The zero-order chi connectivity index (χ0) is 24.2. The summed E-state index contributed by atoms with van der Waals surface area (Å²) in [5.74, 6) is -2.66. The van der Waals surface area contributed by atoms with Gasteiger partial charge in [0.2, 0.25) is 0 Å². The van der Waals surface area contributed by atoms with Gasteiger partial charge in [0.1, 0.15) is 23.1 Å². The molecule has 0 radical (unpaired) electrons. The fourth-order valence-electron chi connectivity index (χ4n) is 3.93. The van der Waals surface area contributed by atoms with Crippen LogP contribution in [0.1, 0.15) is 36.1 Å². The maximum Gasteiger partial charge on any atom is 0.295 e. The first-order chi connectivity index (χ1) is 16.4. The monoisotopic (exact) mass is 463 g/mol. The summed E-state index contributed by atoms with van der Waals surface area (Å²) in [5, 5.41) is 11.1. The number of aliphatic hydroxyl groups excluding tert-OH is 1. The molecule has 1 aliphatic rings. The second-order valence-corrected chi connectivity index (χ2v) is 7.95. The van der Waals surface area contributed by atoms with E-state index in [-0.39, 0.29) is 17.7 Å². The predicted molar refractivity (Wildman–Crippen MR) is 123 cm³/mol. The van der Waals surface area contributed by atoms with Gasteiger partial charge in [-0.1, -0.05) is 37.3 Å². The zero-order valence-electron chi connectivity index (χ0n) is 18.5. The molecule has 1 saturated heterocycles. The van der Waals surface area contributed by atoms with Gasteiger partial charge in [-0.2, -0.15) is 0 Å². The van der Waals surface area contributed by atoms with E-state index in [0.717, 1.165) is 6.42 Å². The molecule has 1 unspecified atom stereocenters. The van der Waals surface area contributed by atoms with Crippen LogP contribution >= 0.6 is 0 Å². The van der Waals surface area contributed by atoms with Gasteiger partial charge < -0.3 is 14.7 Å². The van der Waals surface area contributed by atoms with Crippen LogP contribution in [0.25, 0.3) is 5.76 Å². The SMILES string of the molecule is CCCOc1ccc(/C(O)=C2/C(=O)C(=O)N(Cc3ccc(F)cc3)C2c2ccccc2F)cc1. The number of halogens is 2. The Hall–Kier alpha value is -4.00. The van der Waals surface area contributed by atoms with Crippen molar-refractivity contribution in [3.63, 3.8) is 0 Å². The van der Waals surface area contributed by atoms with Crippen molar-refractivity contribution in [3.05, 3.63) is 107 Å². The highest BCUT2D eigenvalue weighted by atomic mass is 19.1. The van der Waals surface area contributed by atoms with Crippen molar-refractivity contribution in [1.29, 1.82) is 0 Å². The molecule has 174 valence electrons. The number of amides is 1. The largest absolute Gasteiger partial charge is 0.507 e. The van der Waals surface area contributed by atoms with Crippen LogP contribution in [0.15, 0.2) is 78.4 Å². The Bertz CT molecular complexity index is 1240. The average molecular weight is 463 g/mol. The number of Topliss-reactive ketones (excluding diaryl/α,β-unsaturated/α-hetero) is 1. The Morgan fingerprint density at radius 2 is 1.65 bits per heavy atom. The number of carbonyl (C=O) groups is 2. The molecular formula is C27H23F2NO4. The van der Waals surface area contributed by atoms with E-state index in [1.54, 1.807) is 30.3 Å². The van der Waals surface area contributed by atoms with Crippen LogP contribution in [-0.2, 0) is 16.1 Å². The molecule has 1 atom stereocenters. The van der Waals surface area contributed by atoms with Crippen molar-refractivity contribution in [2.24, 2.45) is 0 Å². The summed E-state index contributed by atoms with van der Waals surface area (Å²) in [6.45, 7) is 2.45. The highest BCUT2D eigenvalue weighted by Crippen LogP contribution is 2.41. The lowest BCUT2D eigenvalue weighted by Gasteiger charge is -2.25. The minimum Gasteiger partial charge on any atom is -0.507 e. The van der Waals surface area contributed by atoms with E-state index in [2.05, 4.69) is 0 Å². The lowest BCUT2D eigenvalue weighted by Crippen LogP contribution is -2.29. The lowest BCUT2D eigenvalue weighted by molar-refractivity contribution is -0.140. The topological polar surface area (TPSA) is 66.8 Å². The Labute approximate surface area is 195 Å². The van der Waals surface area contributed by atoms with Crippen molar-refractivity contribution in [2.75, 3.05) is 6.61 Å². The molecule has 1 N–H and O–H groups in total. The van der Waals surface area contributed by atoms with Gasteiger partial charge >= 0.3 is 0 Å². The van der Waals surface area contributed by atoms with Crippen molar-refractivity contribution in [2.45, 2.75) is 25.9 Å². The molecule has 1 aliphatic heterocycles. The van der Waals surface area contributed by atoms with E-state index in [0.29, 0.717) is 23.5 Å². The van der Waals surface area contributed by atoms with Crippen LogP contribution in [0.5, 0.6) is 5.75 Å². The Morgan fingerprint density at radius 3 is 2.29 bits per heavy atom. The van der Waals surface area contributed by atoms with E-state index in [4.69, 9.17) is 4.74 Å². The molecular weight excluding hydrogens is 440 g/mol. The smallest absolute Gasteiger partial charge is 0.295 e. The Kier molecular flexibility index (Phi) is 6.72. The summed E-state index contributed by atoms with van der Waals surface area (Å²) in [5.41, 5.74) is 0.722. The summed E-state index contributed by atoms with van der Waals surface area (Å²) in [4.78, 5) is 27.3. The molecule has 1 amide bonds. The molecule has 5 nitrogen and oxygen atoms in total. The summed E-state index contributed by atoms with van der Waals surface area (Å²) in [7, 11) is 0. The first kappa shape index (κ1) is 23.2. The molecule has 0 bridgehead atoms. The van der Waals surface area contributed by atoms with E-state index < -0.39 is 35.1 Å². The number of carbonyl (C=O) groups excluding carboxylic acids is 2. The minimum atomic E-state index is -1.15. The van der Waals surface area contributed by atoms with Crippen molar-refractivity contribution in [3.8, 4) is 5.75 Å². The van der Waals surface area contributed by atoms with Crippen LogP contribution < -0.4 is 4.74 Å². The van der Waals surface area contributed by atoms with Crippen LogP contribution in [0.4, 0.5) is 8.78 Å². The van der Waals surface area contributed by atoms with Gasteiger partial charge in [-0.15, -0.1) is 0 Å². The third-order valence-electron chi connectivity index (χ3n) is 5.61. The number of likely N-dealkylation sites (tertiary alicyclic amines) is 1. The van der Waals surface area contributed by atoms with Crippen molar-refractivity contribution >= 4 is 17.4 Å². The number of aliphatic hydroxyl groups is 1. The standard InChI is InChI=1S/C27H23F2NO4/c1-2-15-34-20-13-9-18(10-14-20)25(31)23-24(21-5-3-4-6-22(21)29)30(27(33)26(23)32)16-17-7-11-19(28)12-8-17/h3-14,24,31H,2,15-16H2,1H3/b25-23-. The minimum absolute atomic E-state index is 0.0650. The van der Waals surface area contributed by atoms with Crippen LogP contribution in [0, 0.1) is 11.6 Å². The molecule has 34 heavy (non-hydrogen) atoms. The normalized spacial score (nSPS) is 17.3. The fraction of sp³-hybridized carbons (Fsp3) is 0.185. The van der Waals surface area contributed by atoms with E-state index in [1.165, 1.54) is 47.4 Å². The summed E-state index contributed by atoms with van der Waals surface area (Å²) < 4.78 is 33.8.